The fourth-order valence-corrected chi connectivity index (χ4v) is 7.84. The van der Waals surface area contributed by atoms with Crippen LogP contribution in [0.4, 0.5) is 0 Å². The number of aromatic hydroxyl groups is 1. The van der Waals surface area contributed by atoms with Crippen LogP contribution in [0, 0.1) is 29.6 Å². The molecule has 2 aliphatic heterocycles. The quantitative estimate of drug-likeness (QED) is 0.344. The van der Waals surface area contributed by atoms with E-state index in [1.165, 1.54) is 16.9 Å². The van der Waals surface area contributed by atoms with E-state index >= 15 is 0 Å². The first-order chi connectivity index (χ1) is 20.9. The lowest BCUT2D eigenvalue weighted by Crippen LogP contribution is -2.43. The topological polar surface area (TPSA) is 104 Å². The first-order valence-electron chi connectivity index (χ1n) is 14.7. The highest BCUT2D eigenvalue weighted by molar-refractivity contribution is 6.08. The Morgan fingerprint density at radius 2 is 1.30 bits per heavy atom. The van der Waals surface area contributed by atoms with Crippen molar-refractivity contribution in [3.05, 3.63) is 107 Å². The molecule has 3 fully saturated rings. The fraction of sp³-hybridized carbons (Fsp3) is 0.314. The molecule has 4 aliphatic rings. The van der Waals surface area contributed by atoms with Crippen molar-refractivity contribution in [3.63, 3.8) is 0 Å². The number of benzene rings is 3. The Kier molecular flexibility index (Phi) is 6.64. The summed E-state index contributed by atoms with van der Waals surface area (Å²) in [5.41, 5.74) is 3.31. The Balaban J connectivity index is 1.28. The van der Waals surface area contributed by atoms with Gasteiger partial charge in [0.05, 0.1) is 43.9 Å². The predicted octanol–water partition coefficient (Wildman–Crippen LogP) is 4.44. The molecule has 6 atom stereocenters. The molecule has 43 heavy (non-hydrogen) atoms. The van der Waals surface area contributed by atoms with Gasteiger partial charge in [-0.2, -0.15) is 0 Å². The number of amides is 4. The van der Waals surface area contributed by atoms with E-state index < -0.39 is 29.6 Å². The number of nitrogens with zero attached hydrogens (tertiary/aromatic N) is 2. The molecule has 1 saturated carbocycles. The number of methoxy groups -OCH3 is 1. The van der Waals surface area contributed by atoms with Crippen LogP contribution in [0.5, 0.6) is 11.5 Å². The van der Waals surface area contributed by atoms with Crippen LogP contribution < -0.4 is 4.74 Å². The van der Waals surface area contributed by atoms with E-state index in [1.54, 1.807) is 12.1 Å². The summed E-state index contributed by atoms with van der Waals surface area (Å²) in [6, 6.07) is 23.9. The van der Waals surface area contributed by atoms with Crippen LogP contribution in [0.3, 0.4) is 0 Å². The summed E-state index contributed by atoms with van der Waals surface area (Å²) < 4.78 is 5.26. The first-order valence-corrected chi connectivity index (χ1v) is 14.7. The van der Waals surface area contributed by atoms with Crippen LogP contribution in [0.15, 0.2) is 90.5 Å². The maximum Gasteiger partial charge on any atom is 0.234 e. The van der Waals surface area contributed by atoms with Crippen LogP contribution in [0.2, 0.25) is 0 Å². The molecule has 2 heterocycles. The number of hydrogen-bond donors (Lipinski definition) is 1. The molecule has 218 valence electrons. The molecule has 3 aromatic rings. The summed E-state index contributed by atoms with van der Waals surface area (Å²) in [4.78, 5) is 58.4. The van der Waals surface area contributed by atoms with Crippen LogP contribution >= 0.6 is 0 Å². The molecule has 0 aromatic heterocycles. The van der Waals surface area contributed by atoms with Gasteiger partial charge < -0.3 is 9.84 Å². The van der Waals surface area contributed by atoms with E-state index in [0.717, 1.165) is 16.7 Å². The Hall–Kier alpha value is -4.72. The zero-order valence-corrected chi connectivity index (χ0v) is 23.8. The molecule has 0 radical (unpaired) electrons. The molecule has 7 rings (SSSR count). The van der Waals surface area contributed by atoms with E-state index in [0.29, 0.717) is 24.2 Å². The highest BCUT2D eigenvalue weighted by Gasteiger charge is 2.61. The Bertz CT molecular complexity index is 1650. The number of phenolic OH excluding ortho intramolecular Hbond substituents is 1. The van der Waals surface area contributed by atoms with Crippen LogP contribution in [-0.4, -0.2) is 45.6 Å². The van der Waals surface area contributed by atoms with Crippen molar-refractivity contribution in [2.24, 2.45) is 29.6 Å². The standard InChI is InChI=1S/C35H32N2O6/c1-43-28-15-12-22(16-27(28)38)29-23-13-14-24-30(34(41)36(32(24)39)18-20-8-4-2-5-9-20)25(23)17-26-31(29)35(42)37(33(26)40)19-21-10-6-3-7-11-21/h2-13,15-16,24-26,29-31,38H,14,17-19H2,1H3. The van der Waals surface area contributed by atoms with Crippen molar-refractivity contribution in [1.29, 1.82) is 0 Å². The van der Waals surface area contributed by atoms with Gasteiger partial charge >= 0.3 is 0 Å². The average Bonchev–Trinajstić information content (AvgIpc) is 3.41. The number of rotatable bonds is 6. The van der Waals surface area contributed by atoms with E-state index in [-0.39, 0.29) is 48.4 Å². The van der Waals surface area contributed by atoms with Gasteiger partial charge in [0.25, 0.3) is 0 Å². The van der Waals surface area contributed by atoms with Gasteiger partial charge in [-0.05, 0) is 47.6 Å². The summed E-state index contributed by atoms with van der Waals surface area (Å²) in [6.45, 7) is 0.377. The molecule has 4 amide bonds. The molecule has 8 heteroatoms. The highest BCUT2D eigenvalue weighted by atomic mass is 16.5. The first kappa shape index (κ1) is 27.1. The van der Waals surface area contributed by atoms with Crippen molar-refractivity contribution in [3.8, 4) is 11.5 Å². The number of allylic oxidation sites excluding steroid dienone is 2. The van der Waals surface area contributed by atoms with Gasteiger partial charge in [0.2, 0.25) is 23.6 Å². The third-order valence-corrected chi connectivity index (χ3v) is 9.76. The van der Waals surface area contributed by atoms with Crippen LogP contribution in [0.1, 0.15) is 35.4 Å². The summed E-state index contributed by atoms with van der Waals surface area (Å²) in [5, 5.41) is 10.7. The van der Waals surface area contributed by atoms with Crippen molar-refractivity contribution in [1.82, 2.24) is 9.80 Å². The van der Waals surface area contributed by atoms with E-state index in [9.17, 15) is 24.3 Å². The lowest BCUT2D eigenvalue weighted by Gasteiger charge is -2.44. The van der Waals surface area contributed by atoms with Crippen LogP contribution in [0.25, 0.3) is 0 Å². The third-order valence-electron chi connectivity index (χ3n) is 9.76. The molecule has 3 aromatic carbocycles. The third kappa shape index (κ3) is 4.35. The van der Waals surface area contributed by atoms with Gasteiger partial charge in [0.15, 0.2) is 11.5 Å². The Labute approximate surface area is 249 Å². The summed E-state index contributed by atoms with van der Waals surface area (Å²) >= 11 is 0. The minimum absolute atomic E-state index is 0.0629. The van der Waals surface area contributed by atoms with E-state index in [4.69, 9.17) is 4.74 Å². The lowest BCUT2D eigenvalue weighted by molar-refractivity contribution is -0.142. The number of likely N-dealkylation sites (tertiary alicyclic amines) is 2. The van der Waals surface area contributed by atoms with Gasteiger partial charge in [-0.25, -0.2) is 0 Å². The van der Waals surface area contributed by atoms with Crippen molar-refractivity contribution < 1.29 is 29.0 Å². The fourth-order valence-electron chi connectivity index (χ4n) is 7.84. The Morgan fingerprint density at radius 3 is 1.88 bits per heavy atom. The van der Waals surface area contributed by atoms with Gasteiger partial charge in [-0.3, -0.25) is 29.0 Å². The van der Waals surface area contributed by atoms with E-state index in [2.05, 4.69) is 0 Å². The van der Waals surface area contributed by atoms with Gasteiger partial charge in [-0.15, -0.1) is 0 Å². The molecule has 1 N–H and O–H groups in total. The molecule has 0 spiro atoms. The minimum Gasteiger partial charge on any atom is -0.504 e. The summed E-state index contributed by atoms with van der Waals surface area (Å²) in [5.74, 6) is -3.98. The van der Waals surface area contributed by atoms with Gasteiger partial charge in [-0.1, -0.05) is 78.4 Å². The Morgan fingerprint density at radius 1 is 0.721 bits per heavy atom. The smallest absolute Gasteiger partial charge is 0.234 e. The number of hydrogen-bond acceptors (Lipinski definition) is 6. The van der Waals surface area contributed by atoms with Gasteiger partial charge in [0.1, 0.15) is 0 Å². The lowest BCUT2D eigenvalue weighted by atomic mass is 9.57. The number of carbonyl (C=O) groups is 4. The molecular formula is C35H32N2O6. The number of fused-ring (bicyclic) bond motifs is 4. The second-order valence-corrected chi connectivity index (χ2v) is 12.0. The maximum atomic E-state index is 14.1. The normalized spacial score (nSPS) is 28.0. The highest BCUT2D eigenvalue weighted by Crippen LogP contribution is 2.58. The number of phenols is 1. The molecule has 0 bridgehead atoms. The summed E-state index contributed by atoms with van der Waals surface area (Å²) in [7, 11) is 1.47. The van der Waals surface area contributed by atoms with Crippen molar-refractivity contribution in [2.75, 3.05) is 7.11 Å². The second-order valence-electron chi connectivity index (χ2n) is 12.0. The molecule has 6 unspecified atom stereocenters. The average molecular weight is 577 g/mol. The maximum absolute atomic E-state index is 14.1. The van der Waals surface area contributed by atoms with Gasteiger partial charge in [0, 0.05) is 5.92 Å². The van der Waals surface area contributed by atoms with Crippen LogP contribution in [-0.2, 0) is 32.3 Å². The zero-order chi connectivity index (χ0) is 29.8. The number of ether oxygens (including phenoxy) is 1. The summed E-state index contributed by atoms with van der Waals surface area (Å²) in [6.07, 6.45) is 2.73. The van der Waals surface area contributed by atoms with Crippen molar-refractivity contribution >= 4 is 23.6 Å². The molecular weight excluding hydrogens is 544 g/mol. The molecule has 2 aliphatic carbocycles. The molecule has 2 saturated heterocycles. The SMILES string of the molecule is COc1ccc(C2C3=CCC4C(=O)N(Cc5ccccc5)C(=O)C4C3CC3C(=O)N(Cc4ccccc4)C(=O)C32)cc1O. The zero-order valence-electron chi connectivity index (χ0n) is 23.8. The number of carbonyl (C=O) groups excluding carboxylic acids is 4. The monoisotopic (exact) mass is 576 g/mol. The predicted molar refractivity (Wildman–Crippen MR) is 156 cm³/mol. The second kappa shape index (κ2) is 10.5. The van der Waals surface area contributed by atoms with E-state index in [1.807, 2.05) is 72.8 Å². The minimum atomic E-state index is -0.671. The number of imide groups is 2. The molecule has 8 nitrogen and oxygen atoms in total. The van der Waals surface area contributed by atoms with Crippen molar-refractivity contribution in [2.45, 2.75) is 31.8 Å². The largest absolute Gasteiger partial charge is 0.504 e.